The first-order valence-electron chi connectivity index (χ1n) is 7.18. The van der Waals surface area contributed by atoms with Crippen LogP contribution in [0.5, 0.6) is 0 Å². The zero-order chi connectivity index (χ0) is 13.4. The van der Waals surface area contributed by atoms with E-state index in [0.717, 1.165) is 30.9 Å². The molecule has 2 aliphatic rings. The molecule has 5 heteroatoms. The Balaban J connectivity index is 1.61. The number of hydrogen-bond donors (Lipinski definition) is 1. The number of rotatable bonds is 2. The molecule has 1 aromatic heterocycles. The molecule has 1 N–H and O–H groups in total. The maximum absolute atomic E-state index is 5.47. The molecule has 20 heavy (non-hydrogen) atoms. The molecule has 1 aromatic carbocycles. The lowest BCUT2D eigenvalue weighted by Gasteiger charge is -2.17. The largest absolute Gasteiger partial charge is 0.334 e. The fourth-order valence-electron chi connectivity index (χ4n) is 2.86. The molecule has 4 nitrogen and oxygen atoms in total. The molecule has 2 aliphatic heterocycles. The van der Waals surface area contributed by atoms with Crippen molar-refractivity contribution in [1.82, 2.24) is 15.5 Å². The summed E-state index contributed by atoms with van der Waals surface area (Å²) in [4.78, 5) is 4.61. The molecule has 1 atom stereocenters. The summed E-state index contributed by atoms with van der Waals surface area (Å²) in [6.07, 6.45) is 3.74. The van der Waals surface area contributed by atoms with Crippen molar-refractivity contribution < 1.29 is 4.52 Å². The van der Waals surface area contributed by atoms with E-state index in [0.29, 0.717) is 11.1 Å². The molecule has 1 unspecified atom stereocenters. The summed E-state index contributed by atoms with van der Waals surface area (Å²) >= 11 is 1.95. The third kappa shape index (κ3) is 2.25. The summed E-state index contributed by atoms with van der Waals surface area (Å²) in [7, 11) is 0. The predicted molar refractivity (Wildman–Crippen MR) is 79.3 cm³/mol. The Labute approximate surface area is 122 Å². The van der Waals surface area contributed by atoms with Crippen LogP contribution in [0.2, 0.25) is 0 Å². The van der Waals surface area contributed by atoms with E-state index in [1.165, 1.54) is 29.7 Å². The number of thioether (sulfide) groups is 1. The van der Waals surface area contributed by atoms with Crippen LogP contribution in [0.15, 0.2) is 22.7 Å². The SMILES string of the molecule is c1cc2c(cc1-c1nc(C3CCCCS3)no1)CNC2. The molecule has 3 heterocycles. The second-order valence-corrected chi connectivity index (χ2v) is 6.71. The number of nitrogens with zero attached hydrogens (tertiary/aromatic N) is 2. The van der Waals surface area contributed by atoms with Crippen molar-refractivity contribution in [2.75, 3.05) is 5.75 Å². The van der Waals surface area contributed by atoms with Crippen LogP contribution in [0, 0.1) is 0 Å². The molecule has 0 bridgehead atoms. The lowest BCUT2D eigenvalue weighted by Crippen LogP contribution is -2.03. The van der Waals surface area contributed by atoms with E-state index >= 15 is 0 Å². The summed E-state index contributed by atoms with van der Waals surface area (Å²) in [5, 5.41) is 7.95. The van der Waals surface area contributed by atoms with Crippen molar-refractivity contribution in [3.8, 4) is 11.5 Å². The van der Waals surface area contributed by atoms with Gasteiger partial charge in [-0.15, -0.1) is 0 Å². The van der Waals surface area contributed by atoms with Gasteiger partial charge in [-0.25, -0.2) is 0 Å². The summed E-state index contributed by atoms with van der Waals surface area (Å²) < 4.78 is 5.47. The third-order valence-corrected chi connectivity index (χ3v) is 5.37. The molecule has 0 amide bonds. The normalized spacial score (nSPS) is 21.9. The van der Waals surface area contributed by atoms with Crippen molar-refractivity contribution in [3.63, 3.8) is 0 Å². The highest BCUT2D eigenvalue weighted by Gasteiger charge is 2.22. The maximum atomic E-state index is 5.47. The molecule has 0 aliphatic carbocycles. The minimum absolute atomic E-state index is 0.414. The first-order chi connectivity index (χ1) is 9.90. The molecule has 0 radical (unpaired) electrons. The smallest absolute Gasteiger partial charge is 0.257 e. The summed E-state index contributed by atoms with van der Waals surface area (Å²) in [5.41, 5.74) is 3.75. The molecule has 4 rings (SSSR count). The van der Waals surface area contributed by atoms with Crippen molar-refractivity contribution >= 4 is 11.8 Å². The third-order valence-electron chi connectivity index (χ3n) is 3.99. The van der Waals surface area contributed by atoms with E-state index in [2.05, 4.69) is 33.7 Å². The highest BCUT2D eigenvalue weighted by molar-refractivity contribution is 7.99. The average Bonchev–Trinajstić information content (AvgIpc) is 3.16. The van der Waals surface area contributed by atoms with Crippen LogP contribution in [0.1, 0.15) is 41.5 Å². The Morgan fingerprint density at radius 2 is 2.15 bits per heavy atom. The topological polar surface area (TPSA) is 51.0 Å². The monoisotopic (exact) mass is 287 g/mol. The highest BCUT2D eigenvalue weighted by Crippen LogP contribution is 2.37. The second-order valence-electron chi connectivity index (χ2n) is 5.40. The van der Waals surface area contributed by atoms with Crippen LogP contribution >= 0.6 is 11.8 Å². The Kier molecular flexibility index (Phi) is 3.24. The molecular formula is C15H17N3OS. The van der Waals surface area contributed by atoms with Gasteiger partial charge in [0.25, 0.3) is 5.89 Å². The van der Waals surface area contributed by atoms with Gasteiger partial charge >= 0.3 is 0 Å². The zero-order valence-electron chi connectivity index (χ0n) is 11.3. The average molecular weight is 287 g/mol. The van der Waals surface area contributed by atoms with Gasteiger partial charge in [0, 0.05) is 18.7 Å². The van der Waals surface area contributed by atoms with Crippen molar-refractivity contribution in [1.29, 1.82) is 0 Å². The molecule has 2 aromatic rings. The number of fused-ring (bicyclic) bond motifs is 1. The lowest BCUT2D eigenvalue weighted by atomic mass is 10.1. The van der Waals surface area contributed by atoms with Gasteiger partial charge < -0.3 is 9.84 Å². The summed E-state index contributed by atoms with van der Waals surface area (Å²) in [6, 6.07) is 6.40. The Morgan fingerprint density at radius 3 is 3.05 bits per heavy atom. The second kappa shape index (κ2) is 5.22. The van der Waals surface area contributed by atoms with E-state index in [1.807, 2.05) is 11.8 Å². The van der Waals surface area contributed by atoms with E-state index in [4.69, 9.17) is 4.52 Å². The van der Waals surface area contributed by atoms with Crippen LogP contribution in [0.3, 0.4) is 0 Å². The van der Waals surface area contributed by atoms with Gasteiger partial charge in [-0.05, 0) is 41.9 Å². The van der Waals surface area contributed by atoms with E-state index in [1.54, 1.807) is 0 Å². The van der Waals surface area contributed by atoms with Crippen LogP contribution in [0.25, 0.3) is 11.5 Å². The first kappa shape index (κ1) is 12.4. The number of hydrogen-bond acceptors (Lipinski definition) is 5. The van der Waals surface area contributed by atoms with Crippen LogP contribution in [0.4, 0.5) is 0 Å². The van der Waals surface area contributed by atoms with Gasteiger partial charge in [0.05, 0.1) is 5.25 Å². The van der Waals surface area contributed by atoms with Gasteiger partial charge in [0.1, 0.15) is 0 Å². The first-order valence-corrected chi connectivity index (χ1v) is 8.23. The summed E-state index contributed by atoms with van der Waals surface area (Å²) in [6.45, 7) is 1.89. The molecule has 1 fully saturated rings. The van der Waals surface area contributed by atoms with Gasteiger partial charge in [0.15, 0.2) is 5.82 Å². The number of benzene rings is 1. The Hall–Kier alpha value is -1.33. The van der Waals surface area contributed by atoms with E-state index in [9.17, 15) is 0 Å². The quantitative estimate of drug-likeness (QED) is 0.918. The van der Waals surface area contributed by atoms with E-state index in [-0.39, 0.29) is 0 Å². The van der Waals surface area contributed by atoms with Gasteiger partial charge in [0.2, 0.25) is 0 Å². The van der Waals surface area contributed by atoms with Gasteiger partial charge in [-0.1, -0.05) is 17.6 Å². The Bertz CT molecular complexity index is 619. The molecule has 1 saturated heterocycles. The van der Waals surface area contributed by atoms with E-state index < -0.39 is 0 Å². The lowest BCUT2D eigenvalue weighted by molar-refractivity contribution is 0.420. The fourth-order valence-corrected chi connectivity index (χ4v) is 4.09. The molecule has 0 spiro atoms. The van der Waals surface area contributed by atoms with Crippen LogP contribution in [-0.4, -0.2) is 15.9 Å². The minimum Gasteiger partial charge on any atom is -0.334 e. The van der Waals surface area contributed by atoms with Gasteiger partial charge in [-0.2, -0.15) is 16.7 Å². The summed E-state index contributed by atoms with van der Waals surface area (Å²) in [5.74, 6) is 2.73. The predicted octanol–water partition coefficient (Wildman–Crippen LogP) is 3.30. The van der Waals surface area contributed by atoms with Crippen molar-refractivity contribution in [3.05, 3.63) is 35.2 Å². The molecular weight excluding hydrogens is 270 g/mol. The van der Waals surface area contributed by atoms with Gasteiger partial charge in [-0.3, -0.25) is 0 Å². The Morgan fingerprint density at radius 1 is 1.20 bits per heavy atom. The molecule has 104 valence electrons. The maximum Gasteiger partial charge on any atom is 0.257 e. The standard InChI is InChI=1S/C15H17N3OS/c1-2-6-20-13(3-1)14-17-15(19-18-14)10-4-5-11-8-16-9-12(11)7-10/h4-5,7,13,16H,1-3,6,8-9H2. The van der Waals surface area contributed by atoms with Crippen LogP contribution < -0.4 is 5.32 Å². The molecule has 0 saturated carbocycles. The number of aromatic nitrogens is 2. The number of nitrogens with one attached hydrogen (secondary N) is 1. The van der Waals surface area contributed by atoms with Crippen LogP contribution in [-0.2, 0) is 13.1 Å². The fraction of sp³-hybridized carbons (Fsp3) is 0.467. The highest BCUT2D eigenvalue weighted by atomic mass is 32.2. The van der Waals surface area contributed by atoms with Crippen molar-refractivity contribution in [2.24, 2.45) is 0 Å². The zero-order valence-corrected chi connectivity index (χ0v) is 12.1. The minimum atomic E-state index is 0.414. The van der Waals surface area contributed by atoms with Crippen molar-refractivity contribution in [2.45, 2.75) is 37.6 Å².